The van der Waals surface area contributed by atoms with Crippen molar-refractivity contribution >= 4 is 22.0 Å². The molecule has 2 heterocycles. The lowest BCUT2D eigenvalue weighted by Crippen LogP contribution is -2.55. The third-order valence-electron chi connectivity index (χ3n) is 8.70. The molecule has 3 fully saturated rings. The Morgan fingerprint density at radius 2 is 1.73 bits per heavy atom. The van der Waals surface area contributed by atoms with E-state index in [-0.39, 0.29) is 28.8 Å². The maximum Gasteiger partial charge on any atom is 0.411 e. The lowest BCUT2D eigenvalue weighted by molar-refractivity contribution is -0.128. The number of piperazine rings is 1. The van der Waals surface area contributed by atoms with Gasteiger partial charge in [0.25, 0.3) is 0 Å². The van der Waals surface area contributed by atoms with E-state index in [1.165, 1.54) is 27.4 Å². The van der Waals surface area contributed by atoms with E-state index in [9.17, 15) is 23.3 Å². The first-order chi connectivity index (χ1) is 20.8. The number of fused-ring (bicyclic) bond motifs is 2. The van der Waals surface area contributed by atoms with Gasteiger partial charge in [0.15, 0.2) is 0 Å². The number of nitrogens with one attached hydrogen (secondary N) is 1. The van der Waals surface area contributed by atoms with Crippen molar-refractivity contribution in [1.82, 2.24) is 19.4 Å². The zero-order chi connectivity index (χ0) is 31.8. The molecular weight excluding hydrogens is 585 g/mol. The Morgan fingerprint density at radius 3 is 2.34 bits per heavy atom. The number of nitrogens with zero attached hydrogens (tertiary/aromatic N) is 4. The Labute approximate surface area is 258 Å². The van der Waals surface area contributed by atoms with Gasteiger partial charge in [0, 0.05) is 38.6 Å². The molecule has 0 spiro atoms. The number of likely N-dealkylation sites (tertiary alicyclic amines) is 1. The average molecular weight is 626 g/mol. The number of carbonyl (C=O) groups is 2. The second-order valence-electron chi connectivity index (χ2n) is 13.0. The number of nitriles is 1. The molecule has 0 radical (unpaired) electrons. The summed E-state index contributed by atoms with van der Waals surface area (Å²) in [6, 6.07) is 11.3. The molecule has 0 aromatic heterocycles. The van der Waals surface area contributed by atoms with Gasteiger partial charge in [-0.1, -0.05) is 24.3 Å². The van der Waals surface area contributed by atoms with E-state index in [0.717, 1.165) is 12.8 Å². The van der Waals surface area contributed by atoms with Crippen molar-refractivity contribution in [1.29, 1.82) is 5.26 Å². The predicted molar refractivity (Wildman–Crippen MR) is 162 cm³/mol. The molecule has 4 atom stereocenters. The first-order valence-electron chi connectivity index (χ1n) is 15.1. The fraction of sp³-hybridized carbons (Fsp3) is 0.531. The summed E-state index contributed by atoms with van der Waals surface area (Å²) in [4.78, 5) is 30.1. The van der Waals surface area contributed by atoms with E-state index in [1.807, 2.05) is 7.05 Å². The van der Waals surface area contributed by atoms with Crippen LogP contribution in [0.2, 0.25) is 0 Å². The molecule has 236 valence electrons. The second kappa shape index (κ2) is 12.5. The Kier molecular flexibility index (Phi) is 9.03. The maximum absolute atomic E-state index is 15.3. The third kappa shape index (κ3) is 6.75. The fourth-order valence-electron chi connectivity index (χ4n) is 6.40. The highest BCUT2D eigenvalue weighted by molar-refractivity contribution is 7.89. The Balaban J connectivity index is 1.24. The minimum Gasteiger partial charge on any atom is -0.444 e. The van der Waals surface area contributed by atoms with Crippen LogP contribution in [0.1, 0.15) is 45.6 Å². The number of piperidine rings is 1. The topological polar surface area (TPSA) is 123 Å². The molecule has 1 saturated carbocycles. The van der Waals surface area contributed by atoms with E-state index >= 15 is 4.39 Å². The van der Waals surface area contributed by atoms with Crippen LogP contribution in [0.15, 0.2) is 47.4 Å². The summed E-state index contributed by atoms with van der Waals surface area (Å²) in [6.07, 6.45) is 1.75. The van der Waals surface area contributed by atoms with E-state index in [1.54, 1.807) is 45.0 Å². The normalized spacial score (nSPS) is 23.3. The first kappa shape index (κ1) is 31.9. The number of sulfonamides is 1. The zero-order valence-electron chi connectivity index (χ0n) is 25.6. The minimum atomic E-state index is -3.61. The molecule has 12 heteroatoms. The Bertz CT molecular complexity index is 1540. The molecule has 2 amide bonds. The van der Waals surface area contributed by atoms with Crippen molar-refractivity contribution in [2.75, 3.05) is 33.2 Å². The van der Waals surface area contributed by atoms with Crippen LogP contribution in [0.5, 0.6) is 0 Å². The van der Waals surface area contributed by atoms with Crippen molar-refractivity contribution in [2.45, 2.75) is 75.1 Å². The number of halogens is 1. The highest BCUT2D eigenvalue weighted by Gasteiger charge is 2.52. The molecule has 2 aromatic rings. The largest absolute Gasteiger partial charge is 0.444 e. The zero-order valence-corrected chi connectivity index (χ0v) is 26.4. The van der Waals surface area contributed by atoms with Gasteiger partial charge in [0.1, 0.15) is 23.5 Å². The summed E-state index contributed by atoms with van der Waals surface area (Å²) < 4.78 is 48.4. The van der Waals surface area contributed by atoms with Gasteiger partial charge in [-0.15, -0.1) is 0 Å². The number of likely N-dealkylation sites (N-methyl/N-ethyl adjacent to an activating group) is 1. The van der Waals surface area contributed by atoms with E-state index in [2.05, 4.69) is 16.3 Å². The monoisotopic (exact) mass is 625 g/mol. The summed E-state index contributed by atoms with van der Waals surface area (Å²) in [7, 11) is -1.65. The first-order valence-corrected chi connectivity index (χ1v) is 16.5. The van der Waals surface area contributed by atoms with Crippen LogP contribution < -0.4 is 5.32 Å². The molecule has 2 bridgehead atoms. The quantitative estimate of drug-likeness (QED) is 0.497. The molecule has 5 rings (SSSR count). The molecule has 3 aliphatic rings. The van der Waals surface area contributed by atoms with Gasteiger partial charge in [0.05, 0.1) is 11.0 Å². The molecule has 0 unspecified atom stereocenters. The van der Waals surface area contributed by atoms with Crippen LogP contribution in [0.3, 0.4) is 0 Å². The fourth-order valence-corrected chi connectivity index (χ4v) is 7.82. The van der Waals surface area contributed by atoms with Crippen molar-refractivity contribution in [3.63, 3.8) is 0 Å². The summed E-state index contributed by atoms with van der Waals surface area (Å²) in [5.74, 6) is -0.981. The van der Waals surface area contributed by atoms with Crippen molar-refractivity contribution < 1.29 is 27.1 Å². The summed E-state index contributed by atoms with van der Waals surface area (Å²) in [5.41, 5.74) is 0.758. The van der Waals surface area contributed by atoms with Gasteiger partial charge in [-0.3, -0.25) is 9.69 Å². The van der Waals surface area contributed by atoms with Crippen LogP contribution in [0, 0.1) is 23.1 Å². The van der Waals surface area contributed by atoms with Gasteiger partial charge in [-0.05, 0) is 87.9 Å². The summed E-state index contributed by atoms with van der Waals surface area (Å²) >= 11 is 0. The number of amides is 2. The number of ether oxygens (including phenoxy) is 1. The summed E-state index contributed by atoms with van der Waals surface area (Å²) in [5, 5.41) is 12.5. The number of hydrogen-bond donors (Lipinski definition) is 1. The van der Waals surface area contributed by atoms with Gasteiger partial charge >= 0.3 is 6.09 Å². The molecular formula is C32H40FN5O5S. The van der Waals surface area contributed by atoms with E-state index in [0.29, 0.717) is 43.7 Å². The standard InChI is InChI=1S/C32H40FN5O5S/c1-32(2,3)43-31(40)38-26-10-7-24(18-26)29(38)30(39)35-25(20-34)17-23-6-5-22(19-28(23)33)21-8-11-27(12-9-21)44(41,42)37-15-13-36(4)14-16-37/h5-6,8-9,11-12,19,24-26,29H,7,10,13-18H2,1-4H3,(H,35,39)/t24-,25-,26+,29-/m0/s1. The van der Waals surface area contributed by atoms with E-state index < -0.39 is 45.5 Å². The summed E-state index contributed by atoms with van der Waals surface area (Å²) in [6.45, 7) is 7.53. The lowest BCUT2D eigenvalue weighted by Gasteiger charge is -2.35. The van der Waals surface area contributed by atoms with Crippen molar-refractivity contribution in [2.24, 2.45) is 5.92 Å². The number of rotatable bonds is 7. The number of benzene rings is 2. The molecule has 2 aromatic carbocycles. The van der Waals surface area contributed by atoms with Crippen LogP contribution in [0.4, 0.5) is 9.18 Å². The van der Waals surface area contributed by atoms with Gasteiger partial charge < -0.3 is 15.0 Å². The van der Waals surface area contributed by atoms with Gasteiger partial charge in [0.2, 0.25) is 15.9 Å². The lowest BCUT2D eigenvalue weighted by atomic mass is 9.97. The third-order valence-corrected chi connectivity index (χ3v) is 10.6. The molecule has 2 aliphatic heterocycles. The highest BCUT2D eigenvalue weighted by atomic mass is 32.2. The SMILES string of the molecule is CN1CCN(S(=O)(=O)c2ccc(-c3ccc(C[C@@H](C#N)NC(=O)[C@@H]4[C@H]5CC[C@H](C5)N4C(=O)OC(C)(C)C)c(F)c3)cc2)CC1. The average Bonchev–Trinajstić information content (AvgIpc) is 3.59. The predicted octanol–water partition coefficient (Wildman–Crippen LogP) is 3.77. The van der Waals surface area contributed by atoms with Crippen LogP contribution in [-0.4, -0.2) is 91.5 Å². The molecule has 1 aliphatic carbocycles. The van der Waals surface area contributed by atoms with Gasteiger partial charge in [-0.2, -0.15) is 9.57 Å². The smallest absolute Gasteiger partial charge is 0.411 e. The second-order valence-corrected chi connectivity index (χ2v) is 14.9. The Morgan fingerprint density at radius 1 is 1.07 bits per heavy atom. The van der Waals surface area contributed by atoms with Gasteiger partial charge in [-0.25, -0.2) is 17.6 Å². The number of carbonyl (C=O) groups excluding carboxylic acids is 2. The molecule has 2 saturated heterocycles. The van der Waals surface area contributed by atoms with Crippen molar-refractivity contribution in [3.8, 4) is 17.2 Å². The van der Waals surface area contributed by atoms with Crippen LogP contribution in [-0.2, 0) is 26.0 Å². The Hall–Kier alpha value is -3.53. The van der Waals surface area contributed by atoms with E-state index in [4.69, 9.17) is 4.74 Å². The van der Waals surface area contributed by atoms with Crippen LogP contribution >= 0.6 is 0 Å². The molecule has 44 heavy (non-hydrogen) atoms. The molecule has 10 nitrogen and oxygen atoms in total. The number of hydrogen-bond acceptors (Lipinski definition) is 7. The van der Waals surface area contributed by atoms with Crippen molar-refractivity contribution in [3.05, 3.63) is 53.8 Å². The molecule has 1 N–H and O–H groups in total. The minimum absolute atomic E-state index is 0.00851. The highest BCUT2D eigenvalue weighted by Crippen LogP contribution is 2.43. The maximum atomic E-state index is 15.3. The van der Waals surface area contributed by atoms with Crippen LogP contribution in [0.25, 0.3) is 11.1 Å².